The molecular weight excluding hydrogens is 412 g/mol. The van der Waals surface area contributed by atoms with Crippen molar-refractivity contribution in [2.24, 2.45) is 4.99 Å². The zero-order chi connectivity index (χ0) is 22.0. The van der Waals surface area contributed by atoms with Crippen LogP contribution >= 0.6 is 11.6 Å². The van der Waals surface area contributed by atoms with Crippen LogP contribution in [-0.2, 0) is 9.59 Å². The third-order valence-electron chi connectivity index (χ3n) is 5.17. The van der Waals surface area contributed by atoms with Crippen molar-refractivity contribution in [3.8, 4) is 0 Å². The molecule has 1 aliphatic rings. The fourth-order valence-electron chi connectivity index (χ4n) is 3.35. The number of nitrogens with zero attached hydrogens (tertiary/aromatic N) is 3. The van der Waals surface area contributed by atoms with Crippen molar-refractivity contribution in [2.45, 2.75) is 20.3 Å². The highest BCUT2D eigenvalue weighted by atomic mass is 35.5. The molecule has 0 bridgehead atoms. The van der Waals surface area contributed by atoms with Gasteiger partial charge in [0.25, 0.3) is 0 Å². The van der Waals surface area contributed by atoms with Gasteiger partial charge in [0.15, 0.2) is 5.82 Å². The summed E-state index contributed by atoms with van der Waals surface area (Å²) in [5.74, 6) is -0.194. The summed E-state index contributed by atoms with van der Waals surface area (Å²) in [5, 5.41) is 3.37. The standard InChI is InChI=1S/C24H21ClN4O2/c1-15-5-6-17(12-16(15)2)21-13-23(31)29(24-20(28-21)4-3-11-26-24)14-22(30)27-19-9-7-18(25)8-10-19/h3-12H,13-14H2,1-2H3,(H,27,30). The minimum absolute atomic E-state index is 0.0765. The number of aryl methyl sites for hydroxylation is 2. The zero-order valence-electron chi connectivity index (χ0n) is 17.2. The summed E-state index contributed by atoms with van der Waals surface area (Å²) in [6, 6.07) is 16.4. The van der Waals surface area contributed by atoms with E-state index in [1.165, 1.54) is 10.5 Å². The second kappa shape index (κ2) is 8.70. The number of nitrogens with one attached hydrogen (secondary N) is 1. The van der Waals surface area contributed by atoms with Gasteiger partial charge in [0.05, 0.1) is 12.1 Å². The Morgan fingerprint density at radius 3 is 2.61 bits per heavy atom. The molecular formula is C24H21ClN4O2. The molecule has 0 spiro atoms. The monoisotopic (exact) mass is 432 g/mol. The molecule has 156 valence electrons. The van der Waals surface area contributed by atoms with E-state index in [1.54, 1.807) is 42.6 Å². The molecule has 6 nitrogen and oxygen atoms in total. The molecule has 1 aromatic heterocycles. The molecule has 3 aromatic rings. The van der Waals surface area contributed by atoms with E-state index in [0.717, 1.165) is 11.1 Å². The molecule has 7 heteroatoms. The number of rotatable bonds is 4. The number of halogens is 1. The van der Waals surface area contributed by atoms with Gasteiger partial charge in [-0.05, 0) is 73.0 Å². The smallest absolute Gasteiger partial charge is 0.244 e. The Morgan fingerprint density at radius 2 is 1.87 bits per heavy atom. The van der Waals surface area contributed by atoms with E-state index in [4.69, 9.17) is 16.6 Å². The van der Waals surface area contributed by atoms with Gasteiger partial charge >= 0.3 is 0 Å². The van der Waals surface area contributed by atoms with Gasteiger partial charge in [0.1, 0.15) is 12.2 Å². The predicted molar refractivity (Wildman–Crippen MR) is 123 cm³/mol. The van der Waals surface area contributed by atoms with Crippen LogP contribution in [0, 0.1) is 13.8 Å². The van der Waals surface area contributed by atoms with E-state index >= 15 is 0 Å². The van der Waals surface area contributed by atoms with Gasteiger partial charge in [-0.25, -0.2) is 9.98 Å². The third-order valence-corrected chi connectivity index (χ3v) is 5.42. The first-order chi connectivity index (χ1) is 14.9. The maximum absolute atomic E-state index is 13.2. The second-order valence-electron chi connectivity index (χ2n) is 7.42. The molecule has 1 aliphatic heterocycles. The summed E-state index contributed by atoms with van der Waals surface area (Å²) in [6.45, 7) is 3.90. The van der Waals surface area contributed by atoms with Crippen LogP contribution in [0.4, 0.5) is 17.2 Å². The molecule has 2 aromatic carbocycles. The molecule has 1 N–H and O–H groups in total. The highest BCUT2D eigenvalue weighted by Gasteiger charge is 2.27. The van der Waals surface area contributed by atoms with Gasteiger partial charge < -0.3 is 5.32 Å². The summed E-state index contributed by atoms with van der Waals surface area (Å²) >= 11 is 5.89. The van der Waals surface area contributed by atoms with E-state index in [9.17, 15) is 9.59 Å². The lowest BCUT2D eigenvalue weighted by Crippen LogP contribution is -2.39. The zero-order valence-corrected chi connectivity index (χ0v) is 18.0. The molecule has 0 saturated carbocycles. The molecule has 2 heterocycles. The summed E-state index contributed by atoms with van der Waals surface area (Å²) < 4.78 is 0. The minimum atomic E-state index is -0.332. The highest BCUT2D eigenvalue weighted by Crippen LogP contribution is 2.31. The molecule has 2 amide bonds. The van der Waals surface area contributed by atoms with Gasteiger partial charge in [0.2, 0.25) is 11.8 Å². The van der Waals surface area contributed by atoms with Crippen LogP contribution in [0.15, 0.2) is 65.8 Å². The van der Waals surface area contributed by atoms with Crippen molar-refractivity contribution in [3.05, 3.63) is 82.5 Å². The van der Waals surface area contributed by atoms with Crippen LogP contribution in [0.1, 0.15) is 23.1 Å². The van der Waals surface area contributed by atoms with E-state index < -0.39 is 0 Å². The Balaban J connectivity index is 1.61. The molecule has 31 heavy (non-hydrogen) atoms. The number of hydrogen-bond acceptors (Lipinski definition) is 4. The topological polar surface area (TPSA) is 74.7 Å². The van der Waals surface area contributed by atoms with Crippen molar-refractivity contribution in [1.29, 1.82) is 0 Å². The minimum Gasteiger partial charge on any atom is -0.325 e. The van der Waals surface area contributed by atoms with E-state index in [-0.39, 0.29) is 24.8 Å². The van der Waals surface area contributed by atoms with E-state index in [2.05, 4.69) is 10.3 Å². The maximum Gasteiger partial charge on any atom is 0.244 e. The molecule has 0 radical (unpaired) electrons. The lowest BCUT2D eigenvalue weighted by Gasteiger charge is -2.20. The molecule has 4 rings (SSSR count). The van der Waals surface area contributed by atoms with Gasteiger partial charge in [-0.1, -0.05) is 23.7 Å². The first-order valence-electron chi connectivity index (χ1n) is 9.87. The number of carbonyl (C=O) groups is 2. The number of hydrogen-bond donors (Lipinski definition) is 1. The summed E-state index contributed by atoms with van der Waals surface area (Å²) in [7, 11) is 0. The Labute approximate surface area is 185 Å². The van der Waals surface area contributed by atoms with Crippen molar-refractivity contribution < 1.29 is 9.59 Å². The Kier molecular flexibility index (Phi) is 5.82. The first-order valence-corrected chi connectivity index (χ1v) is 10.2. The SMILES string of the molecule is Cc1ccc(C2=Nc3cccnc3N(CC(=O)Nc3ccc(Cl)cc3)C(=O)C2)cc1C. The summed E-state index contributed by atoms with van der Waals surface area (Å²) in [4.78, 5) is 36.3. The van der Waals surface area contributed by atoms with Gasteiger partial charge in [-0.2, -0.15) is 0 Å². The van der Waals surface area contributed by atoms with Gasteiger partial charge in [0, 0.05) is 16.9 Å². The number of pyridine rings is 1. The third kappa shape index (κ3) is 4.64. The maximum atomic E-state index is 13.2. The molecule has 0 atom stereocenters. The molecule has 0 unspecified atom stereocenters. The number of aromatic nitrogens is 1. The number of carbonyl (C=O) groups excluding carboxylic acids is 2. The van der Waals surface area contributed by atoms with Crippen LogP contribution in [-0.4, -0.2) is 29.1 Å². The largest absolute Gasteiger partial charge is 0.325 e. The normalized spacial score (nSPS) is 13.3. The lowest BCUT2D eigenvalue weighted by molar-refractivity contribution is -0.120. The number of anilines is 2. The van der Waals surface area contributed by atoms with Crippen molar-refractivity contribution in [2.75, 3.05) is 16.8 Å². The van der Waals surface area contributed by atoms with Crippen LogP contribution in [0.3, 0.4) is 0 Å². The van der Waals surface area contributed by atoms with Crippen molar-refractivity contribution in [1.82, 2.24) is 4.98 Å². The number of fused-ring (bicyclic) bond motifs is 1. The van der Waals surface area contributed by atoms with Crippen LogP contribution in [0.2, 0.25) is 5.02 Å². The predicted octanol–water partition coefficient (Wildman–Crippen LogP) is 4.85. The Bertz CT molecular complexity index is 1190. The Hall–Kier alpha value is -3.51. The van der Waals surface area contributed by atoms with Crippen LogP contribution in [0.5, 0.6) is 0 Å². The molecule has 0 fully saturated rings. The average Bonchev–Trinajstić information content (AvgIpc) is 2.88. The highest BCUT2D eigenvalue weighted by molar-refractivity contribution is 6.30. The van der Waals surface area contributed by atoms with Gasteiger partial charge in [-0.15, -0.1) is 0 Å². The van der Waals surface area contributed by atoms with E-state index in [1.807, 2.05) is 32.0 Å². The van der Waals surface area contributed by atoms with Crippen LogP contribution < -0.4 is 10.2 Å². The lowest BCUT2D eigenvalue weighted by atomic mass is 10.0. The Morgan fingerprint density at radius 1 is 1.10 bits per heavy atom. The molecule has 0 saturated heterocycles. The number of benzene rings is 2. The van der Waals surface area contributed by atoms with Crippen LogP contribution in [0.25, 0.3) is 0 Å². The number of aliphatic imine (C=N–C) groups is 1. The first kappa shape index (κ1) is 20.8. The van der Waals surface area contributed by atoms with Gasteiger partial charge in [-0.3, -0.25) is 14.5 Å². The molecule has 0 aliphatic carbocycles. The fraction of sp³-hybridized carbons (Fsp3) is 0.167. The van der Waals surface area contributed by atoms with Crippen molar-refractivity contribution in [3.63, 3.8) is 0 Å². The second-order valence-corrected chi connectivity index (χ2v) is 7.85. The average molecular weight is 433 g/mol. The van der Waals surface area contributed by atoms with E-state index in [0.29, 0.717) is 27.9 Å². The fourth-order valence-corrected chi connectivity index (χ4v) is 3.48. The number of amides is 2. The summed E-state index contributed by atoms with van der Waals surface area (Å²) in [5.41, 5.74) is 5.00. The quantitative estimate of drug-likeness (QED) is 0.640. The summed E-state index contributed by atoms with van der Waals surface area (Å²) in [6.07, 6.45) is 1.67. The van der Waals surface area contributed by atoms with Crippen molar-refractivity contribution >= 4 is 46.3 Å².